The molecule has 2 amide bonds. The van der Waals surface area contributed by atoms with Crippen LogP contribution in [0.2, 0.25) is 5.02 Å². The molecule has 1 unspecified atom stereocenters. The van der Waals surface area contributed by atoms with Crippen molar-refractivity contribution in [1.29, 1.82) is 0 Å². The molecule has 0 aliphatic carbocycles. The molecule has 1 aliphatic rings. The van der Waals surface area contributed by atoms with Crippen molar-refractivity contribution in [2.75, 3.05) is 24.6 Å². The Hall–Kier alpha value is -2.48. The molecule has 28 heavy (non-hydrogen) atoms. The Kier molecular flexibility index (Phi) is 6.77. The maximum absolute atomic E-state index is 12.8. The van der Waals surface area contributed by atoms with Crippen LogP contribution < -0.4 is 15.0 Å². The Labute approximate surface area is 168 Å². The quantitative estimate of drug-likeness (QED) is 0.694. The predicted octanol–water partition coefficient (Wildman–Crippen LogP) is 3.31. The monoisotopic (exact) mass is 412 g/mol. The van der Waals surface area contributed by atoms with Gasteiger partial charge in [0.25, 0.3) is 5.91 Å². The number of carboxylic acid groups (broad SMARTS) is 1. The molecule has 1 aliphatic heterocycles. The van der Waals surface area contributed by atoms with Crippen LogP contribution in [-0.2, 0) is 9.53 Å². The molecule has 0 saturated carbocycles. The van der Waals surface area contributed by atoms with Crippen molar-refractivity contribution in [1.82, 2.24) is 5.32 Å². The van der Waals surface area contributed by atoms with Crippen LogP contribution in [0.25, 0.3) is 0 Å². The summed E-state index contributed by atoms with van der Waals surface area (Å²) in [5, 5.41) is 12.4. The highest BCUT2D eigenvalue weighted by Crippen LogP contribution is 2.39. The van der Waals surface area contributed by atoms with Gasteiger partial charge in [-0.2, -0.15) is 0 Å². The molecule has 0 spiro atoms. The van der Waals surface area contributed by atoms with Crippen molar-refractivity contribution in [3.8, 4) is 5.75 Å². The van der Waals surface area contributed by atoms with E-state index in [0.717, 1.165) is 4.90 Å². The molecular weight excluding hydrogens is 388 g/mol. The van der Waals surface area contributed by atoms with Gasteiger partial charge in [0.05, 0.1) is 30.8 Å². The van der Waals surface area contributed by atoms with E-state index < -0.39 is 23.5 Å². The number of esters is 1. The SMILES string of the molecule is CCOC(=O)CC(C)(C)CNC(=O)c1cc(Cl)cc2c1OC(C)CN2C(=O)O. The van der Waals surface area contributed by atoms with Crippen LogP contribution in [0.4, 0.5) is 10.5 Å². The minimum absolute atomic E-state index is 0.135. The van der Waals surface area contributed by atoms with Crippen LogP contribution in [0.1, 0.15) is 44.5 Å². The summed E-state index contributed by atoms with van der Waals surface area (Å²) in [7, 11) is 0. The molecule has 2 rings (SSSR count). The molecule has 0 fully saturated rings. The second-order valence-corrected chi connectivity index (χ2v) is 7.89. The summed E-state index contributed by atoms with van der Waals surface area (Å²) in [6.45, 7) is 7.77. The highest BCUT2D eigenvalue weighted by atomic mass is 35.5. The van der Waals surface area contributed by atoms with Gasteiger partial charge in [-0.1, -0.05) is 25.4 Å². The van der Waals surface area contributed by atoms with Crippen molar-refractivity contribution in [3.63, 3.8) is 0 Å². The zero-order valence-electron chi connectivity index (χ0n) is 16.4. The summed E-state index contributed by atoms with van der Waals surface area (Å²) in [5.41, 5.74) is -0.150. The van der Waals surface area contributed by atoms with Gasteiger partial charge >= 0.3 is 12.1 Å². The first-order valence-electron chi connectivity index (χ1n) is 8.98. The fraction of sp³-hybridized carbons (Fsp3) is 0.526. The fourth-order valence-electron chi connectivity index (χ4n) is 2.93. The molecule has 1 aromatic carbocycles. The molecule has 0 bridgehead atoms. The Balaban J connectivity index is 2.22. The number of hydrogen-bond acceptors (Lipinski definition) is 5. The smallest absolute Gasteiger partial charge is 0.412 e. The standard InChI is InChI=1S/C19H25ClN2O6/c1-5-27-15(23)8-19(3,4)10-21-17(24)13-6-12(20)7-14-16(13)28-11(2)9-22(14)18(25)26/h6-7,11H,5,8-10H2,1-4H3,(H,21,24)(H,25,26). The zero-order valence-corrected chi connectivity index (χ0v) is 17.1. The lowest BCUT2D eigenvalue weighted by atomic mass is 9.89. The number of rotatable bonds is 6. The van der Waals surface area contributed by atoms with Gasteiger partial charge in [0, 0.05) is 11.6 Å². The number of nitrogens with one attached hydrogen (secondary N) is 1. The summed E-state index contributed by atoms with van der Waals surface area (Å²) in [4.78, 5) is 37.1. The fourth-order valence-corrected chi connectivity index (χ4v) is 3.14. The zero-order chi connectivity index (χ0) is 21.1. The molecule has 9 heteroatoms. The molecule has 2 N–H and O–H groups in total. The van der Waals surface area contributed by atoms with Crippen molar-refractivity contribution >= 4 is 35.3 Å². The Morgan fingerprint density at radius 3 is 2.68 bits per heavy atom. The lowest BCUT2D eigenvalue weighted by molar-refractivity contribution is -0.145. The van der Waals surface area contributed by atoms with Crippen LogP contribution in [0, 0.1) is 5.41 Å². The van der Waals surface area contributed by atoms with E-state index in [-0.39, 0.29) is 47.5 Å². The van der Waals surface area contributed by atoms with E-state index in [0.29, 0.717) is 6.61 Å². The molecule has 1 heterocycles. The Bertz CT molecular complexity index is 780. The summed E-state index contributed by atoms with van der Waals surface area (Å²) >= 11 is 6.11. The summed E-state index contributed by atoms with van der Waals surface area (Å²) in [6.07, 6.45) is -1.42. The van der Waals surface area contributed by atoms with E-state index in [4.69, 9.17) is 21.1 Å². The largest absolute Gasteiger partial charge is 0.486 e. The summed E-state index contributed by atoms with van der Waals surface area (Å²) in [5.74, 6) is -0.627. The van der Waals surface area contributed by atoms with E-state index >= 15 is 0 Å². The van der Waals surface area contributed by atoms with Crippen LogP contribution >= 0.6 is 11.6 Å². The van der Waals surface area contributed by atoms with Crippen LogP contribution in [0.5, 0.6) is 5.75 Å². The third-order valence-electron chi connectivity index (χ3n) is 4.21. The first-order chi connectivity index (χ1) is 13.0. The minimum Gasteiger partial charge on any atom is -0.486 e. The van der Waals surface area contributed by atoms with Crippen LogP contribution in [0.15, 0.2) is 12.1 Å². The van der Waals surface area contributed by atoms with Crippen molar-refractivity contribution in [2.45, 2.75) is 40.2 Å². The number of ether oxygens (including phenoxy) is 2. The second kappa shape index (κ2) is 8.68. The number of benzene rings is 1. The first kappa shape index (κ1) is 21.8. The summed E-state index contributed by atoms with van der Waals surface area (Å²) < 4.78 is 10.7. The predicted molar refractivity (Wildman–Crippen MR) is 104 cm³/mol. The third-order valence-corrected chi connectivity index (χ3v) is 4.43. The molecule has 0 radical (unpaired) electrons. The number of halogens is 1. The average Bonchev–Trinajstić information content (AvgIpc) is 2.58. The molecule has 154 valence electrons. The van der Waals surface area contributed by atoms with Crippen LogP contribution in [-0.4, -0.2) is 48.9 Å². The lowest BCUT2D eigenvalue weighted by Crippen LogP contribution is -2.42. The van der Waals surface area contributed by atoms with Gasteiger partial charge in [0.1, 0.15) is 6.10 Å². The molecular formula is C19H25ClN2O6. The van der Waals surface area contributed by atoms with E-state index in [2.05, 4.69) is 5.32 Å². The maximum atomic E-state index is 12.8. The number of carbonyl (C=O) groups is 3. The van der Waals surface area contributed by atoms with Gasteiger partial charge < -0.3 is 19.9 Å². The maximum Gasteiger partial charge on any atom is 0.412 e. The summed E-state index contributed by atoms with van der Waals surface area (Å²) in [6, 6.07) is 2.89. The highest BCUT2D eigenvalue weighted by Gasteiger charge is 2.32. The van der Waals surface area contributed by atoms with Gasteiger partial charge in [-0.3, -0.25) is 14.5 Å². The second-order valence-electron chi connectivity index (χ2n) is 7.45. The van der Waals surface area contributed by atoms with Crippen LogP contribution in [0.3, 0.4) is 0 Å². The van der Waals surface area contributed by atoms with Gasteiger partial charge in [-0.25, -0.2) is 4.79 Å². The van der Waals surface area contributed by atoms with E-state index in [9.17, 15) is 19.5 Å². The Morgan fingerprint density at radius 1 is 1.39 bits per heavy atom. The first-order valence-corrected chi connectivity index (χ1v) is 9.36. The molecule has 8 nitrogen and oxygen atoms in total. The lowest BCUT2D eigenvalue weighted by Gasteiger charge is -2.33. The number of amides is 2. The topological polar surface area (TPSA) is 105 Å². The number of nitrogens with zero attached hydrogens (tertiary/aromatic N) is 1. The average molecular weight is 413 g/mol. The number of hydrogen-bond donors (Lipinski definition) is 2. The van der Waals surface area contributed by atoms with Gasteiger partial charge in [-0.15, -0.1) is 0 Å². The van der Waals surface area contributed by atoms with Crippen molar-refractivity contribution in [2.24, 2.45) is 5.41 Å². The van der Waals surface area contributed by atoms with Gasteiger partial charge in [0.15, 0.2) is 5.75 Å². The Morgan fingerprint density at radius 2 is 2.07 bits per heavy atom. The van der Waals surface area contributed by atoms with Crippen molar-refractivity contribution < 1.29 is 29.0 Å². The molecule has 0 saturated heterocycles. The number of anilines is 1. The van der Waals surface area contributed by atoms with E-state index in [1.54, 1.807) is 13.8 Å². The normalized spacial score (nSPS) is 16.0. The van der Waals surface area contributed by atoms with Gasteiger partial charge in [0.2, 0.25) is 0 Å². The molecule has 1 aromatic rings. The third kappa shape index (κ3) is 5.28. The number of fused-ring (bicyclic) bond motifs is 1. The number of carbonyl (C=O) groups excluding carboxylic acids is 2. The van der Waals surface area contributed by atoms with E-state index in [1.165, 1.54) is 12.1 Å². The molecule has 1 atom stereocenters. The minimum atomic E-state index is -1.15. The highest BCUT2D eigenvalue weighted by molar-refractivity contribution is 6.31. The van der Waals surface area contributed by atoms with Crippen molar-refractivity contribution in [3.05, 3.63) is 22.7 Å². The van der Waals surface area contributed by atoms with Gasteiger partial charge in [-0.05, 0) is 31.4 Å². The molecule has 0 aromatic heterocycles. The van der Waals surface area contributed by atoms with E-state index in [1.807, 2.05) is 13.8 Å².